The van der Waals surface area contributed by atoms with Crippen LogP contribution in [0.1, 0.15) is 24.8 Å². The lowest BCUT2D eigenvalue weighted by Gasteiger charge is -2.18. The van der Waals surface area contributed by atoms with Gasteiger partial charge in [0.15, 0.2) is 0 Å². The Kier molecular flexibility index (Phi) is 4.72. The highest BCUT2D eigenvalue weighted by Crippen LogP contribution is 2.22. The van der Waals surface area contributed by atoms with Gasteiger partial charge in [-0.1, -0.05) is 12.1 Å². The molecule has 2 nitrogen and oxygen atoms in total. The van der Waals surface area contributed by atoms with Crippen LogP contribution in [0.5, 0.6) is 0 Å². The molecule has 2 atom stereocenters. The van der Waals surface area contributed by atoms with Gasteiger partial charge in [-0.15, -0.1) is 0 Å². The smallest absolute Gasteiger partial charge is 0.123 e. The van der Waals surface area contributed by atoms with E-state index < -0.39 is 0 Å². The second kappa shape index (κ2) is 5.83. The fourth-order valence-corrected chi connectivity index (χ4v) is 1.57. The topological polar surface area (TPSA) is 29.5 Å². The van der Waals surface area contributed by atoms with E-state index in [1.54, 1.807) is 13.2 Å². The van der Waals surface area contributed by atoms with Crippen molar-refractivity contribution in [3.63, 3.8) is 0 Å². The zero-order valence-corrected chi connectivity index (χ0v) is 9.11. The predicted molar refractivity (Wildman–Crippen MR) is 57.3 cm³/mol. The van der Waals surface area contributed by atoms with Crippen LogP contribution in [-0.4, -0.2) is 24.9 Å². The average Bonchev–Trinajstić information content (AvgIpc) is 2.25. The van der Waals surface area contributed by atoms with Crippen LogP contribution in [-0.2, 0) is 4.74 Å². The zero-order chi connectivity index (χ0) is 11.3. The van der Waals surface area contributed by atoms with Gasteiger partial charge in [0.2, 0.25) is 0 Å². The SMILES string of the molecule is COC(C)CC(CO)c1cccc(F)c1. The van der Waals surface area contributed by atoms with Crippen LogP contribution in [0.25, 0.3) is 0 Å². The van der Waals surface area contributed by atoms with E-state index in [2.05, 4.69) is 0 Å². The van der Waals surface area contributed by atoms with Gasteiger partial charge in [-0.2, -0.15) is 0 Å². The molecular weight excluding hydrogens is 195 g/mol. The number of rotatable bonds is 5. The molecule has 0 aliphatic rings. The van der Waals surface area contributed by atoms with E-state index in [1.165, 1.54) is 12.1 Å². The quantitative estimate of drug-likeness (QED) is 0.811. The van der Waals surface area contributed by atoms with E-state index in [4.69, 9.17) is 4.74 Å². The van der Waals surface area contributed by atoms with Gasteiger partial charge in [0.1, 0.15) is 5.82 Å². The van der Waals surface area contributed by atoms with Crippen LogP contribution in [0.2, 0.25) is 0 Å². The molecule has 1 aromatic carbocycles. The molecule has 1 N–H and O–H groups in total. The third kappa shape index (κ3) is 3.61. The van der Waals surface area contributed by atoms with Crippen molar-refractivity contribution in [1.82, 2.24) is 0 Å². The van der Waals surface area contributed by atoms with Crippen molar-refractivity contribution in [2.75, 3.05) is 13.7 Å². The molecule has 0 amide bonds. The molecule has 0 aliphatic heterocycles. The van der Waals surface area contributed by atoms with Crippen molar-refractivity contribution in [2.45, 2.75) is 25.4 Å². The number of methoxy groups -OCH3 is 1. The van der Waals surface area contributed by atoms with Crippen LogP contribution in [0.3, 0.4) is 0 Å². The van der Waals surface area contributed by atoms with Crippen molar-refractivity contribution in [3.05, 3.63) is 35.6 Å². The van der Waals surface area contributed by atoms with E-state index in [1.807, 2.05) is 13.0 Å². The maximum absolute atomic E-state index is 13.0. The fourth-order valence-electron chi connectivity index (χ4n) is 1.57. The lowest BCUT2D eigenvalue weighted by atomic mass is 9.94. The first kappa shape index (κ1) is 12.1. The summed E-state index contributed by atoms with van der Waals surface area (Å²) in [6.45, 7) is 1.94. The van der Waals surface area contributed by atoms with E-state index in [0.717, 1.165) is 5.56 Å². The molecule has 15 heavy (non-hydrogen) atoms. The standard InChI is InChI=1S/C12H17FO2/c1-9(15-2)6-11(8-14)10-4-3-5-12(13)7-10/h3-5,7,9,11,14H,6,8H2,1-2H3. The van der Waals surface area contributed by atoms with E-state index >= 15 is 0 Å². The third-order valence-electron chi connectivity index (χ3n) is 2.56. The summed E-state index contributed by atoms with van der Waals surface area (Å²) in [5.74, 6) is -0.327. The van der Waals surface area contributed by atoms with Gasteiger partial charge < -0.3 is 9.84 Å². The molecule has 0 aromatic heterocycles. The molecule has 0 bridgehead atoms. The van der Waals surface area contributed by atoms with Crippen molar-refractivity contribution >= 4 is 0 Å². The highest BCUT2D eigenvalue weighted by Gasteiger charge is 2.14. The maximum Gasteiger partial charge on any atom is 0.123 e. The number of hydrogen-bond acceptors (Lipinski definition) is 2. The van der Waals surface area contributed by atoms with Gasteiger partial charge in [-0.25, -0.2) is 4.39 Å². The molecule has 1 aromatic rings. The highest BCUT2D eigenvalue weighted by atomic mass is 19.1. The van der Waals surface area contributed by atoms with Crippen molar-refractivity contribution in [2.24, 2.45) is 0 Å². The zero-order valence-electron chi connectivity index (χ0n) is 9.11. The van der Waals surface area contributed by atoms with Gasteiger partial charge in [-0.3, -0.25) is 0 Å². The Morgan fingerprint density at radius 2 is 2.20 bits per heavy atom. The number of hydrogen-bond donors (Lipinski definition) is 1. The summed E-state index contributed by atoms with van der Waals surface area (Å²) in [6, 6.07) is 6.35. The first-order chi connectivity index (χ1) is 7.17. The van der Waals surface area contributed by atoms with Crippen LogP contribution in [0, 0.1) is 5.82 Å². The van der Waals surface area contributed by atoms with Crippen LogP contribution in [0.4, 0.5) is 4.39 Å². The second-order valence-electron chi connectivity index (χ2n) is 3.72. The molecule has 0 spiro atoms. The number of aliphatic hydroxyl groups is 1. The molecule has 0 heterocycles. The van der Waals surface area contributed by atoms with Crippen LogP contribution < -0.4 is 0 Å². The summed E-state index contributed by atoms with van der Waals surface area (Å²) >= 11 is 0. The Balaban J connectivity index is 2.73. The van der Waals surface area contributed by atoms with E-state index in [9.17, 15) is 9.50 Å². The van der Waals surface area contributed by atoms with Crippen molar-refractivity contribution in [1.29, 1.82) is 0 Å². The molecule has 2 unspecified atom stereocenters. The van der Waals surface area contributed by atoms with E-state index in [0.29, 0.717) is 6.42 Å². The molecule has 3 heteroatoms. The van der Waals surface area contributed by atoms with Gasteiger partial charge in [0.25, 0.3) is 0 Å². The Hall–Kier alpha value is -0.930. The minimum atomic E-state index is -0.268. The first-order valence-electron chi connectivity index (χ1n) is 5.06. The summed E-state index contributed by atoms with van der Waals surface area (Å²) in [5, 5.41) is 9.24. The fraction of sp³-hybridized carbons (Fsp3) is 0.500. The summed E-state index contributed by atoms with van der Waals surface area (Å²) in [4.78, 5) is 0. The molecule has 0 aliphatic carbocycles. The Bertz CT molecular complexity index is 301. The minimum absolute atomic E-state index is 0.0111. The normalized spacial score (nSPS) is 14.9. The molecular formula is C12H17FO2. The number of ether oxygens (including phenoxy) is 1. The summed E-state index contributed by atoms with van der Waals surface area (Å²) < 4.78 is 18.1. The van der Waals surface area contributed by atoms with Crippen LogP contribution >= 0.6 is 0 Å². The second-order valence-corrected chi connectivity index (χ2v) is 3.72. The Morgan fingerprint density at radius 1 is 1.47 bits per heavy atom. The van der Waals surface area contributed by atoms with E-state index in [-0.39, 0.29) is 24.4 Å². The minimum Gasteiger partial charge on any atom is -0.396 e. The molecule has 0 radical (unpaired) electrons. The van der Waals surface area contributed by atoms with Gasteiger partial charge in [0.05, 0.1) is 12.7 Å². The molecule has 1 rings (SSSR count). The van der Waals surface area contributed by atoms with Gasteiger partial charge in [0, 0.05) is 13.0 Å². The Morgan fingerprint density at radius 3 is 2.73 bits per heavy atom. The van der Waals surface area contributed by atoms with Crippen LogP contribution in [0.15, 0.2) is 24.3 Å². The highest BCUT2D eigenvalue weighted by molar-refractivity contribution is 5.20. The van der Waals surface area contributed by atoms with Gasteiger partial charge in [-0.05, 0) is 31.0 Å². The average molecular weight is 212 g/mol. The Labute approximate surface area is 89.7 Å². The van der Waals surface area contributed by atoms with Gasteiger partial charge >= 0.3 is 0 Å². The monoisotopic (exact) mass is 212 g/mol. The summed E-state index contributed by atoms with van der Waals surface area (Å²) in [6.07, 6.45) is 0.751. The number of halogens is 1. The number of benzene rings is 1. The third-order valence-corrected chi connectivity index (χ3v) is 2.56. The van der Waals surface area contributed by atoms with Crippen molar-refractivity contribution in [3.8, 4) is 0 Å². The lowest BCUT2D eigenvalue weighted by Crippen LogP contribution is -2.14. The predicted octanol–water partition coefficient (Wildman–Crippen LogP) is 2.33. The maximum atomic E-state index is 13.0. The molecule has 0 saturated carbocycles. The van der Waals surface area contributed by atoms with Crippen molar-refractivity contribution < 1.29 is 14.2 Å². The lowest BCUT2D eigenvalue weighted by molar-refractivity contribution is 0.0949. The number of aliphatic hydroxyl groups excluding tert-OH is 1. The molecule has 0 fully saturated rings. The summed E-state index contributed by atoms with van der Waals surface area (Å²) in [5.41, 5.74) is 0.821. The molecule has 0 saturated heterocycles. The summed E-state index contributed by atoms with van der Waals surface area (Å²) in [7, 11) is 1.63. The first-order valence-corrected chi connectivity index (χ1v) is 5.06. The molecule has 84 valence electrons. The largest absolute Gasteiger partial charge is 0.396 e.